The summed E-state index contributed by atoms with van der Waals surface area (Å²) in [4.78, 5) is 22.7. The molecular formula is C59H105N7O9P+. The zero-order valence-corrected chi connectivity index (χ0v) is 49.6. The van der Waals surface area contributed by atoms with Gasteiger partial charge in [0.25, 0.3) is 0 Å². The minimum absolute atomic E-state index is 0.0170. The van der Waals surface area contributed by atoms with Gasteiger partial charge >= 0.3 is 13.8 Å². The first-order valence-electron chi connectivity index (χ1n) is 30.2. The number of esters is 1. The van der Waals surface area contributed by atoms with Gasteiger partial charge in [0, 0.05) is 32.5 Å². The molecular weight excluding hydrogens is 982 g/mol. The van der Waals surface area contributed by atoms with Gasteiger partial charge in [0.05, 0.1) is 71.6 Å². The summed E-state index contributed by atoms with van der Waals surface area (Å²) in [6.45, 7) is 13.6. The molecule has 0 spiro atoms. The number of ether oxygens (including phenoxy) is 3. The number of likely N-dealkylation sites (N-methyl/N-ethyl adjacent to an activating group) is 1. The van der Waals surface area contributed by atoms with Crippen LogP contribution in [0.3, 0.4) is 0 Å². The molecule has 2 aromatic rings. The SMILES string of the molecule is COCC(Cn1cc(CCCCCCCCCOC(=O)CCC(C)C2CCC3C4CC=C5CC(O)CCC5(C)C4CCC23C)nn1)OCC(C)Cn1cc(CCCCCCCCCOP(=O)(O)OCC[N+](C)(C)C)nn1. The number of phosphoric acid groups is 1. The zero-order chi connectivity index (χ0) is 54.6. The van der Waals surface area contributed by atoms with E-state index in [4.69, 9.17) is 23.3 Å². The standard InChI is InChI=1S/C59H104N7O9P/c1-46(40-64-41-49(60-62-64)23-19-16-12-10-14-18-22-37-74-76(69,70)75-38-35-66(5,6)7)44-73-52(45-71-8)43-65-42-50(61-63-65)24-20-15-11-9-13-17-21-36-72-57(68)30-25-47(2)54-28-29-55-53-27-26-48-39-51(67)31-33-58(48,3)56(53)32-34-59(54,55)4/h26,41-42,46-47,51-56,67H,9-25,27-40,43-45H2,1-8H3/p+1. The quantitative estimate of drug-likeness (QED) is 0.0213. The van der Waals surface area contributed by atoms with Crippen LogP contribution in [0.15, 0.2) is 24.0 Å². The maximum absolute atomic E-state index is 12.8. The Morgan fingerprint density at radius 3 is 2.03 bits per heavy atom. The number of aliphatic hydroxyl groups is 1. The number of nitrogens with zero attached hydrogens (tertiary/aromatic N) is 7. The highest BCUT2D eigenvalue weighted by Crippen LogP contribution is 2.67. The molecule has 0 aliphatic heterocycles. The molecule has 16 nitrogen and oxygen atoms in total. The number of hydrogen-bond donors (Lipinski definition) is 2. The molecule has 11 atom stereocenters. The fraction of sp³-hybridized carbons (Fsp3) is 0.881. The lowest BCUT2D eigenvalue weighted by molar-refractivity contribution is -0.870. The van der Waals surface area contributed by atoms with E-state index in [1.165, 1.54) is 57.8 Å². The molecule has 2 aromatic heterocycles. The molecule has 2 heterocycles. The molecule has 11 unspecified atom stereocenters. The van der Waals surface area contributed by atoms with Crippen LogP contribution in [0.2, 0.25) is 0 Å². The van der Waals surface area contributed by atoms with Crippen LogP contribution < -0.4 is 0 Å². The maximum Gasteiger partial charge on any atom is 0.472 e. The molecule has 0 saturated heterocycles. The first-order chi connectivity index (χ1) is 36.4. The minimum atomic E-state index is -3.97. The molecule has 0 amide bonds. The van der Waals surface area contributed by atoms with Gasteiger partial charge < -0.3 is 28.7 Å². The number of carbonyl (C=O) groups excluding carboxylic acids is 1. The Hall–Kier alpha value is -2.56. The van der Waals surface area contributed by atoms with Gasteiger partial charge in [-0.1, -0.05) is 114 Å². The fourth-order valence-corrected chi connectivity index (χ4v) is 14.7. The van der Waals surface area contributed by atoms with Crippen LogP contribution in [0.25, 0.3) is 0 Å². The van der Waals surface area contributed by atoms with Crippen molar-refractivity contribution in [1.29, 1.82) is 0 Å². The van der Waals surface area contributed by atoms with Crippen molar-refractivity contribution in [3.05, 3.63) is 35.4 Å². The molecule has 3 fully saturated rings. The Morgan fingerprint density at radius 2 is 1.38 bits per heavy atom. The van der Waals surface area contributed by atoms with Crippen LogP contribution in [-0.4, -0.2) is 130 Å². The summed E-state index contributed by atoms with van der Waals surface area (Å²) < 4.78 is 44.2. The predicted molar refractivity (Wildman–Crippen MR) is 298 cm³/mol. The third-order valence-corrected chi connectivity index (χ3v) is 19.4. The number of aromatic nitrogens is 6. The van der Waals surface area contributed by atoms with Crippen molar-refractivity contribution >= 4 is 13.8 Å². The number of unbranched alkanes of at least 4 members (excludes halogenated alkanes) is 12. The topological polar surface area (TPSA) is 182 Å². The summed E-state index contributed by atoms with van der Waals surface area (Å²) in [6, 6.07) is 0. The molecule has 2 N–H and O–H groups in total. The van der Waals surface area contributed by atoms with Gasteiger partial charge in [-0.2, -0.15) is 0 Å². The molecule has 434 valence electrons. The number of allylic oxidation sites excluding steroid dienone is 1. The number of fused-ring (bicyclic) bond motifs is 5. The van der Waals surface area contributed by atoms with E-state index in [9.17, 15) is 19.4 Å². The summed E-state index contributed by atoms with van der Waals surface area (Å²) >= 11 is 0. The monoisotopic (exact) mass is 1090 g/mol. The lowest BCUT2D eigenvalue weighted by Gasteiger charge is -2.58. The molecule has 4 aliphatic carbocycles. The molecule has 4 aliphatic rings. The van der Waals surface area contributed by atoms with Crippen molar-refractivity contribution in [3.8, 4) is 0 Å². The van der Waals surface area contributed by atoms with Crippen LogP contribution in [0.4, 0.5) is 0 Å². The van der Waals surface area contributed by atoms with Gasteiger partial charge in [0.15, 0.2) is 0 Å². The summed E-state index contributed by atoms with van der Waals surface area (Å²) in [5, 5.41) is 28.0. The third kappa shape index (κ3) is 19.9. The van der Waals surface area contributed by atoms with Crippen molar-refractivity contribution in [2.45, 2.75) is 220 Å². The predicted octanol–water partition coefficient (Wildman–Crippen LogP) is 11.5. The van der Waals surface area contributed by atoms with E-state index in [-0.39, 0.29) is 37.3 Å². The molecule has 76 heavy (non-hydrogen) atoms. The molecule has 17 heteroatoms. The highest BCUT2D eigenvalue weighted by molar-refractivity contribution is 7.47. The lowest BCUT2D eigenvalue weighted by atomic mass is 9.47. The number of quaternary nitrogens is 1. The summed E-state index contributed by atoms with van der Waals surface area (Å²) in [5.41, 5.74) is 4.25. The average Bonchev–Trinajstić information content (AvgIpc) is 4.12. The van der Waals surface area contributed by atoms with Crippen molar-refractivity contribution in [2.24, 2.45) is 46.3 Å². The summed E-state index contributed by atoms with van der Waals surface area (Å²) in [6.07, 6.45) is 34.3. The van der Waals surface area contributed by atoms with Gasteiger partial charge in [-0.05, 0) is 143 Å². The Balaban J connectivity index is 0.735. The number of methoxy groups -OCH3 is 1. The Kier molecular flexibility index (Phi) is 25.4. The van der Waals surface area contributed by atoms with E-state index in [1.807, 2.05) is 36.7 Å². The fourth-order valence-electron chi connectivity index (χ4n) is 14.0. The van der Waals surface area contributed by atoms with Crippen LogP contribution in [0.1, 0.15) is 193 Å². The third-order valence-electron chi connectivity index (χ3n) is 18.4. The average molecular weight is 1090 g/mol. The number of aliphatic hydroxyl groups excluding tert-OH is 1. The largest absolute Gasteiger partial charge is 0.472 e. The number of aryl methyl sites for hydroxylation is 2. The normalized spacial score (nSPS) is 26.5. The molecule has 3 saturated carbocycles. The summed E-state index contributed by atoms with van der Waals surface area (Å²) in [5.74, 6) is 3.80. The van der Waals surface area contributed by atoms with Gasteiger partial charge in [-0.25, -0.2) is 9.25 Å². The second-order valence-corrected chi connectivity index (χ2v) is 27.1. The van der Waals surface area contributed by atoms with E-state index in [0.29, 0.717) is 66.5 Å². The van der Waals surface area contributed by atoms with Gasteiger partial charge in [0.2, 0.25) is 0 Å². The van der Waals surface area contributed by atoms with E-state index < -0.39 is 7.82 Å². The maximum atomic E-state index is 12.8. The van der Waals surface area contributed by atoms with E-state index in [2.05, 4.69) is 60.6 Å². The summed E-state index contributed by atoms with van der Waals surface area (Å²) in [7, 11) is 3.74. The van der Waals surface area contributed by atoms with E-state index >= 15 is 0 Å². The zero-order valence-electron chi connectivity index (χ0n) is 48.7. The number of hydrogen-bond acceptors (Lipinski definition) is 12. The molecule has 0 aromatic carbocycles. The van der Waals surface area contributed by atoms with Crippen LogP contribution in [0, 0.1) is 46.3 Å². The van der Waals surface area contributed by atoms with Crippen molar-refractivity contribution < 1.29 is 47.1 Å². The van der Waals surface area contributed by atoms with Crippen molar-refractivity contribution in [1.82, 2.24) is 30.0 Å². The van der Waals surface area contributed by atoms with Crippen LogP contribution in [0.5, 0.6) is 0 Å². The van der Waals surface area contributed by atoms with Crippen LogP contribution in [-0.2, 0) is 58.5 Å². The molecule has 0 radical (unpaired) electrons. The molecule has 6 rings (SSSR count). The highest BCUT2D eigenvalue weighted by atomic mass is 31.2. The van der Waals surface area contributed by atoms with E-state index in [1.54, 1.807) is 12.7 Å². The number of rotatable bonds is 38. The highest BCUT2D eigenvalue weighted by Gasteiger charge is 2.59. The van der Waals surface area contributed by atoms with Gasteiger partial charge in [-0.15, -0.1) is 10.2 Å². The van der Waals surface area contributed by atoms with Crippen LogP contribution >= 0.6 is 7.82 Å². The van der Waals surface area contributed by atoms with Crippen molar-refractivity contribution in [2.75, 3.05) is 67.8 Å². The first-order valence-corrected chi connectivity index (χ1v) is 31.7. The minimum Gasteiger partial charge on any atom is -0.466 e. The first kappa shape index (κ1) is 62.6. The Bertz CT molecular complexity index is 2080. The van der Waals surface area contributed by atoms with Gasteiger partial charge in [0.1, 0.15) is 19.3 Å². The van der Waals surface area contributed by atoms with Gasteiger partial charge in [-0.3, -0.25) is 18.5 Å². The van der Waals surface area contributed by atoms with E-state index in [0.717, 1.165) is 138 Å². The second kappa shape index (κ2) is 30.9. The Labute approximate surface area is 458 Å². The van der Waals surface area contributed by atoms with Crippen molar-refractivity contribution in [3.63, 3.8) is 0 Å². The number of phosphoric ester groups is 1. The molecule has 0 bridgehead atoms. The second-order valence-electron chi connectivity index (χ2n) is 25.6. The smallest absolute Gasteiger partial charge is 0.466 e. The lowest BCUT2D eigenvalue weighted by Crippen LogP contribution is -2.50. The number of carbonyl (C=O) groups is 1. The Morgan fingerprint density at radius 1 is 0.776 bits per heavy atom.